The molecule has 2 N–H and O–H groups in total. The lowest BCUT2D eigenvalue weighted by Gasteiger charge is -2.27. The summed E-state index contributed by atoms with van der Waals surface area (Å²) < 4.78 is 0. The number of benzene rings is 4. The van der Waals surface area contributed by atoms with Crippen LogP contribution < -0.4 is 4.90 Å². The molecule has 4 rings (SSSR count). The average Bonchev–Trinajstić information content (AvgIpc) is 2.88. The summed E-state index contributed by atoms with van der Waals surface area (Å²) in [5, 5.41) is 11.8. The molecular weight excluding hydrogens is 402 g/mol. The highest BCUT2D eigenvalue weighted by Gasteiger charge is 2.30. The summed E-state index contributed by atoms with van der Waals surface area (Å²) >= 11 is 0. The standard InChI is InChI=1S/C31H29NO/c1-32(25-26-13-5-2-6-14-26)24-12-11-23-31(33,29-17-9-4-10-18-29)30-21-19-28(20-22-30)27-15-7-3-8-16-27/h2-10,13-22,33H,23-25H2,1H3/p+1/t31-/m1/s1. The topological polar surface area (TPSA) is 24.7 Å². The monoisotopic (exact) mass is 432 g/mol. The maximum absolute atomic E-state index is 11.8. The number of hydrogen-bond acceptors (Lipinski definition) is 1. The van der Waals surface area contributed by atoms with E-state index in [4.69, 9.17) is 0 Å². The fourth-order valence-electron chi connectivity index (χ4n) is 4.06. The van der Waals surface area contributed by atoms with Crippen LogP contribution in [0.1, 0.15) is 23.1 Å². The first-order valence-electron chi connectivity index (χ1n) is 11.4. The molecule has 4 aromatic rings. The Labute approximate surface area is 197 Å². The second-order valence-corrected chi connectivity index (χ2v) is 8.50. The van der Waals surface area contributed by atoms with Gasteiger partial charge in [-0.25, -0.2) is 0 Å². The molecule has 0 aliphatic heterocycles. The summed E-state index contributed by atoms with van der Waals surface area (Å²) in [6.07, 6.45) is 0.348. The van der Waals surface area contributed by atoms with E-state index in [0.717, 1.165) is 35.3 Å². The average molecular weight is 433 g/mol. The number of nitrogens with one attached hydrogen (secondary N) is 1. The maximum Gasteiger partial charge on any atom is 0.139 e. The summed E-state index contributed by atoms with van der Waals surface area (Å²) in [6, 6.07) is 38.8. The van der Waals surface area contributed by atoms with Crippen molar-refractivity contribution in [1.82, 2.24) is 0 Å². The number of rotatable bonds is 7. The van der Waals surface area contributed by atoms with Crippen LogP contribution in [0.15, 0.2) is 115 Å². The quantitative estimate of drug-likeness (QED) is 0.407. The van der Waals surface area contributed by atoms with Crippen molar-refractivity contribution in [3.05, 3.63) is 132 Å². The normalized spacial score (nSPS) is 13.4. The molecule has 0 aliphatic carbocycles. The minimum atomic E-state index is -1.16. The molecule has 2 heteroatoms. The van der Waals surface area contributed by atoms with Crippen molar-refractivity contribution in [2.75, 3.05) is 13.6 Å². The predicted molar refractivity (Wildman–Crippen MR) is 136 cm³/mol. The molecule has 0 saturated heterocycles. The third kappa shape index (κ3) is 5.79. The molecule has 0 heterocycles. The zero-order valence-corrected chi connectivity index (χ0v) is 19.0. The Hall–Kier alpha value is -3.64. The van der Waals surface area contributed by atoms with Crippen molar-refractivity contribution in [3.8, 4) is 23.0 Å². The molecule has 0 aliphatic rings. The molecular formula is C31H30NO+. The molecule has 0 radical (unpaired) electrons. The van der Waals surface area contributed by atoms with E-state index in [0.29, 0.717) is 6.42 Å². The first-order chi connectivity index (χ1) is 16.1. The molecule has 4 aromatic carbocycles. The molecule has 2 nitrogen and oxygen atoms in total. The summed E-state index contributed by atoms with van der Waals surface area (Å²) in [6.45, 7) is 1.66. The number of quaternary nitrogens is 1. The SMILES string of the molecule is C[NH+](CC#CC[C@@](O)(c1ccccc1)c1ccc(-c2ccccc2)cc1)Cc1ccccc1. The summed E-state index contributed by atoms with van der Waals surface area (Å²) in [5.74, 6) is 6.56. The first kappa shape index (κ1) is 22.6. The number of aliphatic hydroxyl groups is 1. The molecule has 0 spiro atoms. The lowest BCUT2D eigenvalue weighted by Crippen LogP contribution is -3.07. The second kappa shape index (κ2) is 10.8. The van der Waals surface area contributed by atoms with Crippen LogP contribution in [0.25, 0.3) is 11.1 Å². The Balaban J connectivity index is 1.52. The summed E-state index contributed by atoms with van der Waals surface area (Å²) in [4.78, 5) is 1.32. The van der Waals surface area contributed by atoms with E-state index in [2.05, 4.69) is 67.4 Å². The lowest BCUT2D eigenvalue weighted by molar-refractivity contribution is -0.886. The van der Waals surface area contributed by atoms with E-state index in [-0.39, 0.29) is 0 Å². The largest absolute Gasteiger partial charge is 0.379 e. The smallest absolute Gasteiger partial charge is 0.139 e. The highest BCUT2D eigenvalue weighted by Crippen LogP contribution is 2.34. The van der Waals surface area contributed by atoms with Crippen LogP contribution in [0, 0.1) is 11.8 Å². The van der Waals surface area contributed by atoms with Crippen molar-refractivity contribution >= 4 is 0 Å². The van der Waals surface area contributed by atoms with Gasteiger partial charge in [-0.1, -0.05) is 121 Å². The zero-order chi connectivity index (χ0) is 22.9. The van der Waals surface area contributed by atoms with E-state index in [9.17, 15) is 5.11 Å². The molecule has 0 aromatic heterocycles. The third-order valence-electron chi connectivity index (χ3n) is 5.93. The molecule has 1 unspecified atom stereocenters. The molecule has 0 saturated carbocycles. The fraction of sp³-hybridized carbons (Fsp3) is 0.161. The Morgan fingerprint density at radius 1 is 0.636 bits per heavy atom. The van der Waals surface area contributed by atoms with E-state index in [1.165, 1.54) is 10.5 Å². The van der Waals surface area contributed by atoms with Gasteiger partial charge in [0.2, 0.25) is 0 Å². The Morgan fingerprint density at radius 3 is 1.79 bits per heavy atom. The van der Waals surface area contributed by atoms with E-state index in [1.54, 1.807) is 0 Å². The van der Waals surface area contributed by atoms with Gasteiger partial charge in [0.1, 0.15) is 18.7 Å². The predicted octanol–water partition coefficient (Wildman–Crippen LogP) is 4.70. The van der Waals surface area contributed by atoms with Crippen molar-refractivity contribution in [3.63, 3.8) is 0 Å². The van der Waals surface area contributed by atoms with Gasteiger partial charge in [-0.3, -0.25) is 0 Å². The number of hydrogen-bond donors (Lipinski definition) is 2. The van der Waals surface area contributed by atoms with Crippen LogP contribution in [0.3, 0.4) is 0 Å². The van der Waals surface area contributed by atoms with Crippen LogP contribution >= 0.6 is 0 Å². The van der Waals surface area contributed by atoms with Gasteiger partial charge in [0.25, 0.3) is 0 Å². The highest BCUT2D eigenvalue weighted by molar-refractivity contribution is 5.64. The molecule has 2 atom stereocenters. The zero-order valence-electron chi connectivity index (χ0n) is 19.0. The Bertz CT molecular complexity index is 1190. The van der Waals surface area contributed by atoms with Crippen LogP contribution in [0.4, 0.5) is 0 Å². The van der Waals surface area contributed by atoms with Gasteiger partial charge in [-0.05, 0) is 28.2 Å². The van der Waals surface area contributed by atoms with Gasteiger partial charge in [0, 0.05) is 12.0 Å². The second-order valence-electron chi connectivity index (χ2n) is 8.50. The van der Waals surface area contributed by atoms with Gasteiger partial charge in [-0.15, -0.1) is 0 Å². The van der Waals surface area contributed by atoms with Crippen molar-refractivity contribution in [1.29, 1.82) is 0 Å². The molecule has 164 valence electrons. The van der Waals surface area contributed by atoms with Gasteiger partial charge in [0.15, 0.2) is 0 Å². The van der Waals surface area contributed by atoms with Gasteiger partial charge in [0.05, 0.1) is 7.05 Å². The minimum absolute atomic E-state index is 0.348. The van der Waals surface area contributed by atoms with Crippen LogP contribution in [-0.2, 0) is 12.1 Å². The van der Waals surface area contributed by atoms with Gasteiger partial charge in [-0.2, -0.15) is 0 Å². The first-order valence-corrected chi connectivity index (χ1v) is 11.4. The van der Waals surface area contributed by atoms with Crippen LogP contribution in [0.5, 0.6) is 0 Å². The van der Waals surface area contributed by atoms with Crippen molar-refractivity contribution < 1.29 is 10.0 Å². The third-order valence-corrected chi connectivity index (χ3v) is 5.93. The van der Waals surface area contributed by atoms with E-state index >= 15 is 0 Å². The molecule has 0 bridgehead atoms. The fourth-order valence-corrected chi connectivity index (χ4v) is 4.06. The van der Waals surface area contributed by atoms with Gasteiger partial charge >= 0.3 is 0 Å². The van der Waals surface area contributed by atoms with Crippen LogP contribution in [0.2, 0.25) is 0 Å². The van der Waals surface area contributed by atoms with E-state index in [1.807, 2.05) is 66.7 Å². The maximum atomic E-state index is 11.8. The Kier molecular flexibility index (Phi) is 7.37. The van der Waals surface area contributed by atoms with Crippen molar-refractivity contribution in [2.24, 2.45) is 0 Å². The minimum Gasteiger partial charge on any atom is -0.379 e. The van der Waals surface area contributed by atoms with Gasteiger partial charge < -0.3 is 10.0 Å². The molecule has 33 heavy (non-hydrogen) atoms. The molecule has 0 fully saturated rings. The lowest BCUT2D eigenvalue weighted by atomic mass is 9.83. The Morgan fingerprint density at radius 2 is 1.15 bits per heavy atom. The summed E-state index contributed by atoms with van der Waals surface area (Å²) in [5.41, 5.74) is 4.15. The summed E-state index contributed by atoms with van der Waals surface area (Å²) in [7, 11) is 2.15. The molecule has 0 amide bonds. The highest BCUT2D eigenvalue weighted by atomic mass is 16.3. The van der Waals surface area contributed by atoms with E-state index < -0.39 is 5.60 Å². The van der Waals surface area contributed by atoms with Crippen LogP contribution in [-0.4, -0.2) is 18.7 Å². The van der Waals surface area contributed by atoms with Crippen molar-refractivity contribution in [2.45, 2.75) is 18.6 Å².